The van der Waals surface area contributed by atoms with E-state index in [0.717, 1.165) is 20.5 Å². The maximum absolute atomic E-state index is 12.5. The fraction of sp³-hybridized carbons (Fsp3) is 0.412. The normalized spacial score (nSPS) is 10.4. The highest BCUT2D eigenvalue weighted by molar-refractivity contribution is 7.21. The van der Waals surface area contributed by atoms with Crippen molar-refractivity contribution in [3.8, 4) is 10.0 Å². The summed E-state index contributed by atoms with van der Waals surface area (Å²) in [4.78, 5) is 33.2. The van der Waals surface area contributed by atoms with Gasteiger partial charge in [-0.15, -0.1) is 22.7 Å². The minimum absolute atomic E-state index is 0.0183. The number of hydrogen-bond acceptors (Lipinski definition) is 6. The monoisotopic (exact) mass is 378 g/mol. The van der Waals surface area contributed by atoms with E-state index in [1.54, 1.807) is 6.20 Å². The maximum Gasteiger partial charge on any atom is 0.271 e. The Hall–Kier alpha value is -2.06. The molecule has 0 aliphatic heterocycles. The van der Waals surface area contributed by atoms with Crippen molar-refractivity contribution in [2.45, 2.75) is 33.6 Å². The Morgan fingerprint density at radius 2 is 1.96 bits per heavy atom. The fourth-order valence-corrected chi connectivity index (χ4v) is 3.81. The minimum Gasteiger partial charge on any atom is -0.356 e. The molecule has 0 aliphatic rings. The summed E-state index contributed by atoms with van der Waals surface area (Å²) >= 11 is 2.97. The van der Waals surface area contributed by atoms with Gasteiger partial charge in [0.1, 0.15) is 5.69 Å². The molecule has 2 heterocycles. The van der Waals surface area contributed by atoms with E-state index in [1.807, 2.05) is 32.2 Å². The van der Waals surface area contributed by atoms with E-state index in [4.69, 9.17) is 0 Å². The molecular formula is C17H22N4O2S2. The standard InChI is InChI=1S/C17H22N4O2S2/c1-4-13(22)18-6-5-7-19-15(23)14-12(10-11(2)3)25-17(21-14)16-20-8-9-24-16/h8-10H,4-7H2,1-3H3,(H,18,22)(H,19,23). The highest BCUT2D eigenvalue weighted by Crippen LogP contribution is 2.31. The second kappa shape index (κ2) is 9.43. The molecule has 0 spiro atoms. The van der Waals surface area contributed by atoms with Gasteiger partial charge in [0.05, 0.1) is 4.88 Å². The van der Waals surface area contributed by atoms with Crippen LogP contribution in [0.15, 0.2) is 17.2 Å². The zero-order valence-electron chi connectivity index (χ0n) is 14.6. The summed E-state index contributed by atoms with van der Waals surface area (Å²) in [6.07, 6.45) is 4.84. The molecule has 134 valence electrons. The Labute approximate surface area is 155 Å². The Morgan fingerprint density at radius 3 is 2.60 bits per heavy atom. The van der Waals surface area contributed by atoms with Crippen LogP contribution in [0.1, 0.15) is 49.0 Å². The van der Waals surface area contributed by atoms with Gasteiger partial charge in [0.2, 0.25) is 5.91 Å². The molecule has 8 heteroatoms. The van der Waals surface area contributed by atoms with Gasteiger partial charge in [0.15, 0.2) is 10.0 Å². The number of nitrogens with one attached hydrogen (secondary N) is 2. The van der Waals surface area contributed by atoms with Crippen molar-refractivity contribution in [3.63, 3.8) is 0 Å². The highest BCUT2D eigenvalue weighted by atomic mass is 32.1. The number of nitrogens with zero attached hydrogens (tertiary/aromatic N) is 2. The number of carbonyl (C=O) groups is 2. The summed E-state index contributed by atoms with van der Waals surface area (Å²) in [5.74, 6) is -0.182. The third-order valence-electron chi connectivity index (χ3n) is 3.19. The third kappa shape index (κ3) is 5.75. The molecule has 25 heavy (non-hydrogen) atoms. The van der Waals surface area contributed by atoms with Crippen LogP contribution in [-0.4, -0.2) is 34.9 Å². The summed E-state index contributed by atoms with van der Waals surface area (Å²) in [7, 11) is 0. The van der Waals surface area contributed by atoms with E-state index < -0.39 is 0 Å². The molecule has 0 atom stereocenters. The summed E-state index contributed by atoms with van der Waals surface area (Å²) in [5.41, 5.74) is 1.53. The average molecular weight is 379 g/mol. The van der Waals surface area contributed by atoms with Gasteiger partial charge in [0, 0.05) is 31.1 Å². The Balaban J connectivity index is 2.02. The van der Waals surface area contributed by atoms with Crippen molar-refractivity contribution < 1.29 is 9.59 Å². The van der Waals surface area contributed by atoms with E-state index in [9.17, 15) is 9.59 Å². The molecule has 0 unspecified atom stereocenters. The summed E-state index contributed by atoms with van der Waals surface area (Å²) < 4.78 is 0. The molecule has 2 amide bonds. The lowest BCUT2D eigenvalue weighted by atomic mass is 10.2. The second-order valence-electron chi connectivity index (χ2n) is 5.60. The smallest absolute Gasteiger partial charge is 0.271 e. The van der Waals surface area contributed by atoms with Gasteiger partial charge < -0.3 is 10.6 Å². The molecule has 0 saturated heterocycles. The first kappa shape index (κ1) is 19.3. The molecule has 2 N–H and O–H groups in total. The van der Waals surface area contributed by atoms with Crippen molar-refractivity contribution in [1.29, 1.82) is 0 Å². The predicted octanol–water partition coefficient (Wildman–Crippen LogP) is 3.34. The fourth-order valence-electron chi connectivity index (χ4n) is 2.00. The second-order valence-corrected chi connectivity index (χ2v) is 7.53. The third-order valence-corrected chi connectivity index (χ3v) is 5.10. The molecule has 0 saturated carbocycles. The SMILES string of the molecule is CCC(=O)NCCCNC(=O)c1nc(-c2nccs2)sc1C=C(C)C. The first-order chi connectivity index (χ1) is 12.0. The van der Waals surface area contributed by atoms with Crippen LogP contribution in [0.4, 0.5) is 0 Å². The lowest BCUT2D eigenvalue weighted by molar-refractivity contribution is -0.120. The van der Waals surface area contributed by atoms with Crippen LogP contribution in [0.5, 0.6) is 0 Å². The number of allylic oxidation sites excluding steroid dienone is 1. The molecule has 0 fully saturated rings. The van der Waals surface area contributed by atoms with Gasteiger partial charge in [-0.3, -0.25) is 9.59 Å². The summed E-state index contributed by atoms with van der Waals surface area (Å²) in [6, 6.07) is 0. The number of rotatable bonds is 8. The van der Waals surface area contributed by atoms with Crippen molar-refractivity contribution in [3.05, 3.63) is 27.7 Å². The quantitative estimate of drug-likeness (QED) is 0.690. The molecule has 2 aromatic rings. The molecule has 0 aromatic carbocycles. The zero-order valence-corrected chi connectivity index (χ0v) is 16.2. The first-order valence-electron chi connectivity index (χ1n) is 8.11. The zero-order chi connectivity index (χ0) is 18.2. The average Bonchev–Trinajstić information content (AvgIpc) is 3.23. The van der Waals surface area contributed by atoms with E-state index >= 15 is 0 Å². The number of thiazole rings is 2. The Bertz CT molecular complexity index is 747. The molecule has 0 radical (unpaired) electrons. The van der Waals surface area contributed by atoms with Crippen LogP contribution >= 0.6 is 22.7 Å². The van der Waals surface area contributed by atoms with E-state index in [1.165, 1.54) is 22.7 Å². The number of hydrogen-bond donors (Lipinski definition) is 2. The van der Waals surface area contributed by atoms with Crippen LogP contribution < -0.4 is 10.6 Å². The number of carbonyl (C=O) groups excluding carboxylic acids is 2. The molecule has 2 rings (SSSR count). The molecule has 2 aromatic heterocycles. The van der Waals surface area contributed by atoms with E-state index in [-0.39, 0.29) is 11.8 Å². The van der Waals surface area contributed by atoms with Crippen molar-refractivity contribution in [2.75, 3.05) is 13.1 Å². The Morgan fingerprint density at radius 1 is 1.20 bits per heavy atom. The van der Waals surface area contributed by atoms with Crippen LogP contribution in [-0.2, 0) is 4.79 Å². The van der Waals surface area contributed by atoms with Crippen LogP contribution in [0, 0.1) is 0 Å². The summed E-state index contributed by atoms with van der Waals surface area (Å²) in [5, 5.41) is 9.11. The van der Waals surface area contributed by atoms with E-state index in [2.05, 4.69) is 20.6 Å². The predicted molar refractivity (Wildman–Crippen MR) is 103 cm³/mol. The van der Waals surface area contributed by atoms with Crippen LogP contribution in [0.3, 0.4) is 0 Å². The Kier molecular flexibility index (Phi) is 7.27. The topological polar surface area (TPSA) is 84.0 Å². The highest BCUT2D eigenvalue weighted by Gasteiger charge is 2.18. The lowest BCUT2D eigenvalue weighted by Gasteiger charge is -2.05. The molecule has 0 aliphatic carbocycles. The van der Waals surface area contributed by atoms with Gasteiger partial charge in [-0.1, -0.05) is 12.5 Å². The van der Waals surface area contributed by atoms with Gasteiger partial charge in [-0.2, -0.15) is 0 Å². The number of aromatic nitrogens is 2. The van der Waals surface area contributed by atoms with Crippen molar-refractivity contribution in [1.82, 2.24) is 20.6 Å². The first-order valence-corrected chi connectivity index (χ1v) is 9.81. The van der Waals surface area contributed by atoms with Gasteiger partial charge in [-0.25, -0.2) is 9.97 Å². The van der Waals surface area contributed by atoms with Crippen molar-refractivity contribution >= 4 is 40.6 Å². The van der Waals surface area contributed by atoms with Gasteiger partial charge >= 0.3 is 0 Å². The van der Waals surface area contributed by atoms with Crippen molar-refractivity contribution in [2.24, 2.45) is 0 Å². The maximum atomic E-state index is 12.5. The van der Waals surface area contributed by atoms with Gasteiger partial charge in [0.25, 0.3) is 5.91 Å². The molecular weight excluding hydrogens is 356 g/mol. The largest absolute Gasteiger partial charge is 0.356 e. The van der Waals surface area contributed by atoms with Crippen LogP contribution in [0.2, 0.25) is 0 Å². The number of amides is 2. The summed E-state index contributed by atoms with van der Waals surface area (Å²) in [6.45, 7) is 6.82. The molecule has 0 bridgehead atoms. The van der Waals surface area contributed by atoms with E-state index in [0.29, 0.717) is 31.6 Å². The minimum atomic E-state index is -0.201. The van der Waals surface area contributed by atoms with Gasteiger partial charge in [-0.05, 0) is 26.3 Å². The van der Waals surface area contributed by atoms with Crippen LogP contribution in [0.25, 0.3) is 16.1 Å². The molecule has 6 nitrogen and oxygen atoms in total. The lowest BCUT2D eigenvalue weighted by Crippen LogP contribution is -2.29.